The van der Waals surface area contributed by atoms with Gasteiger partial charge in [-0.15, -0.1) is 0 Å². The number of nitrogens with zero attached hydrogens (tertiary/aromatic N) is 3. The fourth-order valence-electron chi connectivity index (χ4n) is 3.31. The second-order valence-corrected chi connectivity index (χ2v) is 7.48. The SMILES string of the molecule is CCn1nc(C)c(CCN=C(NC(=O)c2cccc(Cl)c2)Nc2cccc(F)c2)c1C. The van der Waals surface area contributed by atoms with Crippen molar-refractivity contribution in [3.8, 4) is 0 Å². The number of aliphatic imine (C=N–C) groups is 1. The van der Waals surface area contributed by atoms with E-state index in [4.69, 9.17) is 11.6 Å². The van der Waals surface area contributed by atoms with E-state index in [-0.39, 0.29) is 17.7 Å². The predicted octanol–water partition coefficient (Wildman–Crippen LogP) is 4.75. The first-order chi connectivity index (χ1) is 14.9. The van der Waals surface area contributed by atoms with Crippen LogP contribution >= 0.6 is 11.6 Å². The van der Waals surface area contributed by atoms with Gasteiger partial charge in [0, 0.05) is 35.1 Å². The number of rotatable bonds is 6. The maximum atomic E-state index is 13.6. The molecule has 1 aromatic heterocycles. The van der Waals surface area contributed by atoms with Crippen molar-refractivity contribution in [3.05, 3.63) is 81.9 Å². The molecular weight excluding hydrogens is 417 g/mol. The molecule has 0 saturated heterocycles. The molecule has 0 aliphatic rings. The molecule has 162 valence electrons. The quantitative estimate of drug-likeness (QED) is 0.428. The number of halogens is 2. The molecule has 2 aromatic carbocycles. The summed E-state index contributed by atoms with van der Waals surface area (Å²) >= 11 is 5.99. The molecule has 0 fully saturated rings. The number of hydrogen-bond acceptors (Lipinski definition) is 3. The number of nitrogens with one attached hydrogen (secondary N) is 2. The number of guanidine groups is 1. The number of amides is 1. The second-order valence-electron chi connectivity index (χ2n) is 7.05. The Bertz CT molecular complexity index is 1110. The second kappa shape index (κ2) is 10.2. The average molecular weight is 442 g/mol. The van der Waals surface area contributed by atoms with Gasteiger partial charge in [0.2, 0.25) is 5.96 Å². The molecule has 0 saturated carbocycles. The van der Waals surface area contributed by atoms with Gasteiger partial charge in [0.25, 0.3) is 5.91 Å². The lowest BCUT2D eigenvalue weighted by atomic mass is 10.1. The highest BCUT2D eigenvalue weighted by Crippen LogP contribution is 2.15. The molecule has 0 aliphatic carbocycles. The Hall–Kier alpha value is -3.19. The third kappa shape index (κ3) is 5.92. The molecule has 0 bridgehead atoms. The van der Waals surface area contributed by atoms with Gasteiger partial charge < -0.3 is 5.32 Å². The highest BCUT2D eigenvalue weighted by atomic mass is 35.5. The Morgan fingerprint density at radius 1 is 1.19 bits per heavy atom. The normalized spacial score (nSPS) is 11.5. The lowest BCUT2D eigenvalue weighted by Gasteiger charge is -2.12. The summed E-state index contributed by atoms with van der Waals surface area (Å²) < 4.78 is 15.6. The van der Waals surface area contributed by atoms with Crippen LogP contribution in [-0.2, 0) is 13.0 Å². The van der Waals surface area contributed by atoms with Crippen LogP contribution in [0.2, 0.25) is 5.02 Å². The van der Waals surface area contributed by atoms with Gasteiger partial charge in [-0.05, 0) is 69.2 Å². The van der Waals surface area contributed by atoms with Crippen LogP contribution in [0.3, 0.4) is 0 Å². The number of anilines is 1. The van der Waals surface area contributed by atoms with E-state index in [1.807, 2.05) is 25.5 Å². The van der Waals surface area contributed by atoms with E-state index >= 15 is 0 Å². The van der Waals surface area contributed by atoms with Crippen molar-refractivity contribution >= 4 is 29.2 Å². The summed E-state index contributed by atoms with van der Waals surface area (Å²) in [5, 5.41) is 10.7. The largest absolute Gasteiger partial charge is 0.326 e. The summed E-state index contributed by atoms with van der Waals surface area (Å²) in [6, 6.07) is 12.6. The maximum Gasteiger partial charge on any atom is 0.258 e. The first-order valence-electron chi connectivity index (χ1n) is 10.0. The minimum absolute atomic E-state index is 0.230. The fraction of sp³-hybridized carbons (Fsp3) is 0.261. The van der Waals surface area contributed by atoms with E-state index < -0.39 is 0 Å². The minimum Gasteiger partial charge on any atom is -0.326 e. The van der Waals surface area contributed by atoms with E-state index in [1.165, 1.54) is 12.1 Å². The van der Waals surface area contributed by atoms with Crippen LogP contribution in [0.25, 0.3) is 0 Å². The van der Waals surface area contributed by atoms with Crippen LogP contribution in [0.15, 0.2) is 53.5 Å². The lowest BCUT2D eigenvalue weighted by molar-refractivity contribution is 0.0977. The molecule has 1 heterocycles. The van der Waals surface area contributed by atoms with Crippen molar-refractivity contribution in [1.82, 2.24) is 15.1 Å². The number of carbonyl (C=O) groups is 1. The third-order valence-electron chi connectivity index (χ3n) is 4.87. The van der Waals surface area contributed by atoms with Gasteiger partial charge in [-0.25, -0.2) is 4.39 Å². The zero-order valence-corrected chi connectivity index (χ0v) is 18.5. The molecule has 6 nitrogen and oxygen atoms in total. The molecule has 0 radical (unpaired) electrons. The highest BCUT2D eigenvalue weighted by molar-refractivity contribution is 6.31. The highest BCUT2D eigenvalue weighted by Gasteiger charge is 2.12. The Labute approximate surface area is 186 Å². The minimum atomic E-state index is -0.385. The van der Waals surface area contributed by atoms with Crippen LogP contribution in [-0.4, -0.2) is 28.2 Å². The van der Waals surface area contributed by atoms with Crippen molar-refractivity contribution < 1.29 is 9.18 Å². The number of carbonyl (C=O) groups excluding carboxylic acids is 1. The van der Waals surface area contributed by atoms with Gasteiger partial charge in [0.1, 0.15) is 5.82 Å². The molecule has 3 rings (SSSR count). The monoisotopic (exact) mass is 441 g/mol. The number of aryl methyl sites for hydroxylation is 2. The van der Waals surface area contributed by atoms with Gasteiger partial charge in [0.15, 0.2) is 0 Å². The smallest absolute Gasteiger partial charge is 0.258 e. The molecule has 3 aromatic rings. The Morgan fingerprint density at radius 3 is 2.65 bits per heavy atom. The zero-order valence-electron chi connectivity index (χ0n) is 17.7. The fourth-order valence-corrected chi connectivity index (χ4v) is 3.50. The molecule has 0 atom stereocenters. The lowest BCUT2D eigenvalue weighted by Crippen LogP contribution is -2.36. The van der Waals surface area contributed by atoms with Crippen LogP contribution in [0.5, 0.6) is 0 Å². The van der Waals surface area contributed by atoms with Crippen molar-refractivity contribution in [2.24, 2.45) is 4.99 Å². The predicted molar refractivity (Wildman–Crippen MR) is 122 cm³/mol. The van der Waals surface area contributed by atoms with Gasteiger partial charge in [-0.1, -0.05) is 23.7 Å². The number of aromatic nitrogens is 2. The van der Waals surface area contributed by atoms with Crippen molar-refractivity contribution in [2.45, 2.75) is 33.7 Å². The van der Waals surface area contributed by atoms with Crippen molar-refractivity contribution in [2.75, 3.05) is 11.9 Å². The van der Waals surface area contributed by atoms with Crippen LogP contribution in [0.1, 0.15) is 34.2 Å². The van der Waals surface area contributed by atoms with Crippen molar-refractivity contribution in [1.29, 1.82) is 0 Å². The van der Waals surface area contributed by atoms with Crippen LogP contribution in [0.4, 0.5) is 10.1 Å². The molecular formula is C23H25ClFN5O. The molecule has 0 aliphatic heterocycles. The summed E-state index contributed by atoms with van der Waals surface area (Å²) in [4.78, 5) is 17.2. The van der Waals surface area contributed by atoms with Gasteiger partial charge in [-0.3, -0.25) is 19.8 Å². The first-order valence-corrected chi connectivity index (χ1v) is 10.4. The van der Waals surface area contributed by atoms with E-state index in [0.29, 0.717) is 29.2 Å². The number of hydrogen-bond donors (Lipinski definition) is 2. The Morgan fingerprint density at radius 2 is 1.97 bits per heavy atom. The zero-order chi connectivity index (χ0) is 22.4. The molecule has 0 unspecified atom stereocenters. The molecule has 2 N–H and O–H groups in total. The van der Waals surface area contributed by atoms with Gasteiger partial charge in [0.05, 0.1) is 5.69 Å². The van der Waals surface area contributed by atoms with Crippen LogP contribution < -0.4 is 10.6 Å². The van der Waals surface area contributed by atoms with E-state index in [1.54, 1.807) is 36.4 Å². The standard InChI is InChI=1S/C23H25ClFN5O/c1-4-30-16(3)21(15(2)29-30)11-12-26-23(27-20-10-6-9-19(25)14-20)28-22(31)17-7-5-8-18(24)13-17/h5-10,13-14H,4,11-12H2,1-3H3,(H2,26,27,28,31). The summed E-state index contributed by atoms with van der Waals surface area (Å²) in [5.74, 6) is -0.520. The molecule has 31 heavy (non-hydrogen) atoms. The summed E-state index contributed by atoms with van der Waals surface area (Å²) in [6.07, 6.45) is 0.666. The van der Waals surface area contributed by atoms with Gasteiger partial charge in [-0.2, -0.15) is 5.10 Å². The first kappa shape index (κ1) is 22.5. The van der Waals surface area contributed by atoms with E-state index in [2.05, 4.69) is 20.7 Å². The molecule has 8 heteroatoms. The Balaban J connectivity index is 1.79. The summed E-state index contributed by atoms with van der Waals surface area (Å²) in [5.41, 5.74) is 4.10. The Kier molecular flexibility index (Phi) is 7.41. The topological polar surface area (TPSA) is 71.3 Å². The maximum absolute atomic E-state index is 13.6. The van der Waals surface area contributed by atoms with Crippen molar-refractivity contribution in [3.63, 3.8) is 0 Å². The summed E-state index contributed by atoms with van der Waals surface area (Å²) in [6.45, 7) is 7.29. The number of benzene rings is 2. The third-order valence-corrected chi connectivity index (χ3v) is 5.10. The van der Waals surface area contributed by atoms with Gasteiger partial charge >= 0.3 is 0 Å². The molecule has 0 spiro atoms. The summed E-state index contributed by atoms with van der Waals surface area (Å²) in [7, 11) is 0. The van der Waals surface area contributed by atoms with E-state index in [0.717, 1.165) is 23.5 Å². The van der Waals surface area contributed by atoms with Crippen LogP contribution in [0, 0.1) is 19.7 Å². The molecule has 1 amide bonds. The average Bonchev–Trinajstić information content (AvgIpc) is 3.01. The van der Waals surface area contributed by atoms with E-state index in [9.17, 15) is 9.18 Å².